The van der Waals surface area contributed by atoms with Gasteiger partial charge >= 0.3 is 5.92 Å². The summed E-state index contributed by atoms with van der Waals surface area (Å²) >= 11 is 6.39. The Hall–Kier alpha value is -3.81. The van der Waals surface area contributed by atoms with Crippen LogP contribution in [0, 0.1) is 11.8 Å². The van der Waals surface area contributed by atoms with E-state index in [2.05, 4.69) is 25.9 Å². The second-order valence-electron chi connectivity index (χ2n) is 11.2. The quantitative estimate of drug-likeness (QED) is 0.343. The number of piperidine rings is 1. The number of aromatic nitrogens is 3. The van der Waals surface area contributed by atoms with Gasteiger partial charge in [-0.05, 0) is 43.9 Å². The molecule has 10 nitrogen and oxygen atoms in total. The molecule has 1 aliphatic carbocycles. The van der Waals surface area contributed by atoms with Crippen molar-refractivity contribution in [2.75, 3.05) is 41.8 Å². The first-order valence-corrected chi connectivity index (χ1v) is 14.4. The van der Waals surface area contributed by atoms with Gasteiger partial charge in [-0.15, -0.1) is 0 Å². The lowest BCUT2D eigenvalue weighted by atomic mass is 9.93. The number of nitrogens with zero attached hydrogens (tertiary/aromatic N) is 4. The molecule has 2 aromatic heterocycles. The molecule has 3 aliphatic rings. The molecule has 3 N–H and O–H groups in total. The number of halogens is 5. The number of carbonyl (C=O) groups is 1. The van der Waals surface area contributed by atoms with Gasteiger partial charge in [0.2, 0.25) is 17.6 Å². The van der Waals surface area contributed by atoms with E-state index in [9.17, 15) is 27.2 Å². The van der Waals surface area contributed by atoms with Crippen molar-refractivity contribution in [1.29, 1.82) is 0 Å². The molecule has 43 heavy (non-hydrogen) atoms. The van der Waals surface area contributed by atoms with Crippen LogP contribution in [0.3, 0.4) is 0 Å². The molecule has 15 heteroatoms. The molecule has 0 spiro atoms. The van der Waals surface area contributed by atoms with E-state index >= 15 is 0 Å². The molecule has 2 atom stereocenters. The minimum Gasteiger partial charge on any atom is -0.480 e. The molecular weight excluding hydrogens is 594 g/mol. The van der Waals surface area contributed by atoms with E-state index in [1.165, 1.54) is 22.7 Å². The van der Waals surface area contributed by atoms with Crippen LogP contribution in [0.1, 0.15) is 26.2 Å². The molecule has 1 amide bonds. The highest BCUT2D eigenvalue weighted by Crippen LogP contribution is 2.46. The number of alkyl halides is 4. The van der Waals surface area contributed by atoms with Gasteiger partial charge in [-0.2, -0.15) is 4.98 Å². The first kappa shape index (κ1) is 29.3. The first-order valence-electron chi connectivity index (χ1n) is 14.0. The van der Waals surface area contributed by atoms with Gasteiger partial charge in [-0.1, -0.05) is 11.6 Å². The number of hydrogen-bond donors (Lipinski definition) is 3. The maximum absolute atomic E-state index is 15.0. The zero-order valence-corrected chi connectivity index (χ0v) is 24.2. The molecule has 0 radical (unpaired) electrons. The molecular formula is C28H30ClF4N7O3. The molecule has 1 saturated carbocycles. The van der Waals surface area contributed by atoms with Crippen molar-refractivity contribution in [3.8, 4) is 5.75 Å². The van der Waals surface area contributed by atoms with Crippen molar-refractivity contribution < 1.29 is 27.1 Å². The van der Waals surface area contributed by atoms with E-state index in [1.54, 1.807) is 25.1 Å². The van der Waals surface area contributed by atoms with Gasteiger partial charge in [0.25, 0.3) is 11.5 Å². The van der Waals surface area contributed by atoms with E-state index in [0.717, 1.165) is 0 Å². The van der Waals surface area contributed by atoms with Crippen LogP contribution >= 0.6 is 11.6 Å². The number of aryl methyl sites for hydroxylation is 1. The summed E-state index contributed by atoms with van der Waals surface area (Å²) in [7, 11) is 1.53. The molecule has 2 fully saturated rings. The summed E-state index contributed by atoms with van der Waals surface area (Å²) in [6, 6.07) is 3.82. The molecule has 0 unspecified atom stereocenters. The summed E-state index contributed by atoms with van der Waals surface area (Å²) in [6.07, 6.45) is 2.10. The molecule has 6 rings (SSSR count). The second-order valence-corrected chi connectivity index (χ2v) is 11.6. The Bertz CT molecular complexity index is 1650. The van der Waals surface area contributed by atoms with E-state index in [-0.39, 0.29) is 53.8 Å². The molecule has 4 heterocycles. The Morgan fingerprint density at radius 3 is 2.72 bits per heavy atom. The SMILES string of the molecule is CCNC(=O)[C@H]1CN(c2ncc(Cl)c(Nc3ccc4c(c3)c3c(c(=O)n4C)OCC(F)(F)[C@H](C4CC4)N3)n2)CCC1(F)F. The molecule has 3 aromatic rings. The molecule has 1 aromatic carbocycles. The Labute approximate surface area is 248 Å². The highest BCUT2D eigenvalue weighted by atomic mass is 35.5. The normalized spacial score (nSPS) is 22.6. The zero-order valence-electron chi connectivity index (χ0n) is 23.4. The highest BCUT2D eigenvalue weighted by molar-refractivity contribution is 6.33. The number of ether oxygens (including phenoxy) is 1. The van der Waals surface area contributed by atoms with Crippen LogP contribution in [0.2, 0.25) is 5.02 Å². The number of carbonyl (C=O) groups excluding carboxylic acids is 1. The van der Waals surface area contributed by atoms with Gasteiger partial charge in [0.05, 0.1) is 23.4 Å². The topological polar surface area (TPSA) is 113 Å². The van der Waals surface area contributed by atoms with Gasteiger partial charge in [0.1, 0.15) is 10.9 Å². The van der Waals surface area contributed by atoms with Crippen LogP contribution in [0.4, 0.5) is 40.7 Å². The van der Waals surface area contributed by atoms with E-state index in [4.69, 9.17) is 16.3 Å². The average molecular weight is 624 g/mol. The van der Waals surface area contributed by atoms with E-state index in [0.29, 0.717) is 29.4 Å². The van der Waals surface area contributed by atoms with Gasteiger partial charge in [0, 0.05) is 44.2 Å². The second kappa shape index (κ2) is 10.7. The Kier molecular flexibility index (Phi) is 7.30. The maximum atomic E-state index is 15.0. The summed E-state index contributed by atoms with van der Waals surface area (Å²) in [5, 5.41) is 9.10. The smallest absolute Gasteiger partial charge is 0.301 e. The Morgan fingerprint density at radius 1 is 1.23 bits per heavy atom. The Balaban J connectivity index is 1.33. The third-order valence-corrected chi connectivity index (χ3v) is 8.46. The fraction of sp³-hybridized carbons (Fsp3) is 0.500. The average Bonchev–Trinajstić information content (AvgIpc) is 3.80. The third-order valence-electron chi connectivity index (χ3n) is 8.18. The Morgan fingerprint density at radius 2 is 2.00 bits per heavy atom. The van der Waals surface area contributed by atoms with E-state index in [1.807, 2.05) is 0 Å². The van der Waals surface area contributed by atoms with Crippen molar-refractivity contribution in [3.63, 3.8) is 0 Å². The zero-order chi connectivity index (χ0) is 30.7. The van der Waals surface area contributed by atoms with Crippen molar-refractivity contribution in [2.24, 2.45) is 18.9 Å². The van der Waals surface area contributed by atoms with Crippen molar-refractivity contribution >= 4 is 51.6 Å². The molecule has 230 valence electrons. The maximum Gasteiger partial charge on any atom is 0.301 e. The van der Waals surface area contributed by atoms with Crippen molar-refractivity contribution in [1.82, 2.24) is 19.9 Å². The molecule has 1 saturated heterocycles. The number of pyridine rings is 1. The van der Waals surface area contributed by atoms with Crippen LogP contribution in [0.5, 0.6) is 5.75 Å². The summed E-state index contributed by atoms with van der Waals surface area (Å²) < 4.78 is 65.8. The fourth-order valence-corrected chi connectivity index (χ4v) is 5.82. The predicted octanol–water partition coefficient (Wildman–Crippen LogP) is 4.54. The summed E-state index contributed by atoms with van der Waals surface area (Å²) in [4.78, 5) is 35.6. The summed E-state index contributed by atoms with van der Waals surface area (Å²) in [5.74, 6) is -8.79. The number of nitrogens with one attached hydrogen (secondary N) is 3. The van der Waals surface area contributed by atoms with Gasteiger partial charge in [-0.25, -0.2) is 22.5 Å². The van der Waals surface area contributed by atoms with Gasteiger partial charge in [-0.3, -0.25) is 9.59 Å². The largest absolute Gasteiger partial charge is 0.480 e. The summed E-state index contributed by atoms with van der Waals surface area (Å²) in [6.45, 7) is 0.623. The minimum absolute atomic E-state index is 0.0709. The standard InChI is InChI=1S/C28H30ClF4N7O3/c1-3-34-24(41)17-12-40(9-8-27(17,30)31)26-35-11-18(29)23(38-26)36-15-6-7-19-16(10-15)20-21(25(42)39(19)2)43-13-28(32,33)22(37-20)14-4-5-14/h6-7,10-11,14,17,22,37H,3-5,8-9,12-13H2,1-2H3,(H,34,41)(H,35,36,38)/t17-,22+/m1/s1. The number of rotatable bonds is 6. The lowest BCUT2D eigenvalue weighted by Crippen LogP contribution is -2.53. The molecule has 0 bridgehead atoms. The first-order chi connectivity index (χ1) is 20.4. The molecule has 2 aliphatic heterocycles. The highest BCUT2D eigenvalue weighted by Gasteiger charge is 2.51. The van der Waals surface area contributed by atoms with Crippen LogP contribution in [0.15, 0.2) is 29.2 Å². The van der Waals surface area contributed by atoms with Crippen LogP contribution in [-0.2, 0) is 11.8 Å². The number of hydrogen-bond acceptors (Lipinski definition) is 8. The lowest BCUT2D eigenvalue weighted by Gasteiger charge is -2.37. The van der Waals surface area contributed by atoms with E-state index < -0.39 is 48.3 Å². The fourth-order valence-electron chi connectivity index (χ4n) is 5.68. The van der Waals surface area contributed by atoms with Crippen LogP contribution < -0.4 is 31.1 Å². The number of amides is 1. The van der Waals surface area contributed by atoms with Gasteiger partial charge in [0.15, 0.2) is 12.4 Å². The minimum atomic E-state index is -3.17. The van der Waals surface area contributed by atoms with Crippen LogP contribution in [0.25, 0.3) is 10.9 Å². The number of anilines is 4. The van der Waals surface area contributed by atoms with Crippen molar-refractivity contribution in [2.45, 2.75) is 44.1 Å². The predicted molar refractivity (Wildman–Crippen MR) is 154 cm³/mol. The third kappa shape index (κ3) is 5.41. The van der Waals surface area contributed by atoms with Crippen LogP contribution in [-0.4, -0.2) is 64.6 Å². The number of benzene rings is 1. The summed E-state index contributed by atoms with van der Waals surface area (Å²) in [5.41, 5.74) is 0.608. The monoisotopic (exact) mass is 623 g/mol. The number of fused-ring (bicyclic) bond motifs is 3. The van der Waals surface area contributed by atoms with Crippen molar-refractivity contribution in [3.05, 3.63) is 39.8 Å². The lowest BCUT2D eigenvalue weighted by molar-refractivity contribution is -0.141. The van der Waals surface area contributed by atoms with Gasteiger partial charge < -0.3 is 30.2 Å².